The van der Waals surface area contributed by atoms with Crippen molar-refractivity contribution in [2.75, 3.05) is 33.0 Å². The predicted octanol–water partition coefficient (Wildman–Crippen LogP) is 2.14. The molecule has 0 unspecified atom stereocenters. The first-order valence-corrected chi connectivity index (χ1v) is 9.29. The topological polar surface area (TPSA) is 84.9 Å². The Hall–Kier alpha value is -2.74. The molecule has 140 valence electrons. The third-order valence-electron chi connectivity index (χ3n) is 3.72. The van der Waals surface area contributed by atoms with E-state index >= 15 is 0 Å². The van der Waals surface area contributed by atoms with Crippen LogP contribution < -0.4 is 14.2 Å². The molecule has 1 N–H and O–H groups in total. The molecule has 0 heterocycles. The normalized spacial score (nSPS) is 10.9. The number of nitrogens with one attached hydrogen (secondary N) is 1. The summed E-state index contributed by atoms with van der Waals surface area (Å²) in [6.45, 7) is 0. The molecule has 0 bridgehead atoms. The summed E-state index contributed by atoms with van der Waals surface area (Å²) in [5, 5.41) is 0. The molecule has 0 saturated carbocycles. The van der Waals surface area contributed by atoms with Crippen molar-refractivity contribution in [1.82, 2.24) is 4.90 Å². The van der Waals surface area contributed by atoms with Gasteiger partial charge >= 0.3 is 0 Å². The number of likely N-dealkylation sites (N-methyl/N-ethyl adjacent to an activating group) is 1. The Morgan fingerprint density at radius 2 is 1.69 bits per heavy atom. The van der Waals surface area contributed by atoms with Crippen molar-refractivity contribution in [3.8, 4) is 11.5 Å². The van der Waals surface area contributed by atoms with Gasteiger partial charge in [0.15, 0.2) is 0 Å². The first-order chi connectivity index (χ1) is 12.3. The lowest BCUT2D eigenvalue weighted by molar-refractivity contribution is -0.127. The van der Waals surface area contributed by atoms with Crippen LogP contribution in [-0.2, 0) is 21.2 Å². The van der Waals surface area contributed by atoms with E-state index in [2.05, 4.69) is 4.72 Å². The van der Waals surface area contributed by atoms with Crippen LogP contribution in [0, 0.1) is 0 Å². The fraction of sp³-hybridized carbons (Fsp3) is 0.278. The van der Waals surface area contributed by atoms with Gasteiger partial charge in [0.05, 0.1) is 20.6 Å². The zero-order valence-corrected chi connectivity index (χ0v) is 16.0. The number of carbonyl (C=O) groups is 1. The number of carbonyl (C=O) groups excluding carboxylic acids is 1. The lowest BCUT2D eigenvalue weighted by Crippen LogP contribution is -2.23. The number of hydrogen-bond donors (Lipinski definition) is 1. The van der Waals surface area contributed by atoms with Gasteiger partial charge in [-0.25, -0.2) is 8.42 Å². The molecule has 0 spiro atoms. The van der Waals surface area contributed by atoms with Gasteiger partial charge in [-0.1, -0.05) is 12.1 Å². The maximum Gasteiger partial charge on any atom is 0.265 e. The highest BCUT2D eigenvalue weighted by molar-refractivity contribution is 7.92. The van der Waals surface area contributed by atoms with Gasteiger partial charge in [-0.05, 0) is 29.8 Å². The van der Waals surface area contributed by atoms with Gasteiger partial charge in [-0.2, -0.15) is 0 Å². The molecule has 0 radical (unpaired) electrons. The van der Waals surface area contributed by atoms with Crippen LogP contribution in [0.1, 0.15) is 5.56 Å². The van der Waals surface area contributed by atoms with E-state index in [-0.39, 0.29) is 23.0 Å². The molecule has 2 aromatic carbocycles. The van der Waals surface area contributed by atoms with E-state index in [1.165, 1.54) is 31.3 Å². The summed E-state index contributed by atoms with van der Waals surface area (Å²) in [7, 11) is 2.42. The van der Waals surface area contributed by atoms with Gasteiger partial charge in [0, 0.05) is 25.8 Å². The van der Waals surface area contributed by atoms with Crippen molar-refractivity contribution >= 4 is 21.6 Å². The highest BCUT2D eigenvalue weighted by atomic mass is 32.2. The number of methoxy groups -OCH3 is 2. The van der Waals surface area contributed by atoms with Crippen LogP contribution >= 0.6 is 0 Å². The second kappa shape index (κ2) is 8.09. The summed E-state index contributed by atoms with van der Waals surface area (Å²) in [4.78, 5) is 13.2. The number of ether oxygens (including phenoxy) is 2. The van der Waals surface area contributed by atoms with Gasteiger partial charge in [-0.3, -0.25) is 9.52 Å². The maximum atomic E-state index is 12.6. The van der Waals surface area contributed by atoms with Gasteiger partial charge in [0.1, 0.15) is 16.4 Å². The molecule has 0 aliphatic rings. The molecule has 0 fully saturated rings. The number of rotatable bonds is 7. The van der Waals surface area contributed by atoms with Gasteiger partial charge < -0.3 is 14.4 Å². The molecule has 2 aromatic rings. The second-order valence-corrected chi connectivity index (χ2v) is 7.43. The molecule has 1 amide bonds. The van der Waals surface area contributed by atoms with E-state index in [0.717, 1.165) is 5.56 Å². The molecule has 26 heavy (non-hydrogen) atoms. The Morgan fingerprint density at radius 3 is 2.23 bits per heavy atom. The Morgan fingerprint density at radius 1 is 1.04 bits per heavy atom. The number of amides is 1. The minimum atomic E-state index is -3.84. The van der Waals surface area contributed by atoms with E-state index in [4.69, 9.17) is 9.47 Å². The summed E-state index contributed by atoms with van der Waals surface area (Å²) in [6.07, 6.45) is 0.256. The largest absolute Gasteiger partial charge is 0.497 e. The molecule has 0 aliphatic heterocycles. The first kappa shape index (κ1) is 19.6. The van der Waals surface area contributed by atoms with Crippen molar-refractivity contribution < 1.29 is 22.7 Å². The SMILES string of the molecule is COc1ccc(S(=O)(=O)Nc2ccc(CC(=O)N(C)C)cc2)c(OC)c1. The van der Waals surface area contributed by atoms with Crippen LogP contribution in [-0.4, -0.2) is 47.5 Å². The fourth-order valence-electron chi connectivity index (χ4n) is 2.23. The van der Waals surface area contributed by atoms with E-state index in [0.29, 0.717) is 11.4 Å². The van der Waals surface area contributed by atoms with Gasteiger partial charge in [-0.15, -0.1) is 0 Å². The molecule has 7 nitrogen and oxygen atoms in total. The molecular formula is C18H22N2O5S. The van der Waals surface area contributed by atoms with Crippen molar-refractivity contribution in [2.24, 2.45) is 0 Å². The summed E-state index contributed by atoms with van der Waals surface area (Å²) in [5.74, 6) is 0.655. The lowest BCUT2D eigenvalue weighted by Gasteiger charge is -2.13. The van der Waals surface area contributed by atoms with E-state index < -0.39 is 10.0 Å². The minimum Gasteiger partial charge on any atom is -0.497 e. The maximum absolute atomic E-state index is 12.6. The number of benzene rings is 2. The number of sulfonamides is 1. The average Bonchev–Trinajstić information content (AvgIpc) is 2.62. The smallest absolute Gasteiger partial charge is 0.265 e. The molecule has 0 aliphatic carbocycles. The van der Waals surface area contributed by atoms with E-state index in [1.54, 1.807) is 44.4 Å². The zero-order valence-electron chi connectivity index (χ0n) is 15.1. The minimum absolute atomic E-state index is 0.00709. The Kier molecular flexibility index (Phi) is 6.10. The molecule has 0 aromatic heterocycles. The predicted molar refractivity (Wildman–Crippen MR) is 99.2 cm³/mol. The first-order valence-electron chi connectivity index (χ1n) is 7.80. The van der Waals surface area contributed by atoms with Crippen LogP contribution in [0.4, 0.5) is 5.69 Å². The van der Waals surface area contributed by atoms with Crippen molar-refractivity contribution in [2.45, 2.75) is 11.3 Å². The highest BCUT2D eigenvalue weighted by Crippen LogP contribution is 2.29. The Labute approximate surface area is 153 Å². The molecule has 0 saturated heterocycles. The van der Waals surface area contributed by atoms with Crippen molar-refractivity contribution in [1.29, 1.82) is 0 Å². The zero-order chi connectivity index (χ0) is 19.3. The number of hydrogen-bond acceptors (Lipinski definition) is 5. The van der Waals surface area contributed by atoms with E-state index in [1.807, 2.05) is 0 Å². The van der Waals surface area contributed by atoms with Gasteiger partial charge in [0.25, 0.3) is 10.0 Å². The molecule has 8 heteroatoms. The Balaban J connectivity index is 2.20. The van der Waals surface area contributed by atoms with Crippen LogP contribution in [0.2, 0.25) is 0 Å². The monoisotopic (exact) mass is 378 g/mol. The highest BCUT2D eigenvalue weighted by Gasteiger charge is 2.20. The number of nitrogens with zero attached hydrogens (tertiary/aromatic N) is 1. The summed E-state index contributed by atoms with van der Waals surface area (Å²) in [6, 6.07) is 11.1. The quantitative estimate of drug-likeness (QED) is 0.798. The standard InChI is InChI=1S/C18H22N2O5S/c1-20(2)18(21)11-13-5-7-14(8-6-13)19-26(22,23)17-10-9-15(24-3)12-16(17)25-4/h5-10,12,19H,11H2,1-4H3. The number of anilines is 1. The third-order valence-corrected chi connectivity index (χ3v) is 5.14. The van der Waals surface area contributed by atoms with Gasteiger partial charge in [0.2, 0.25) is 5.91 Å². The van der Waals surface area contributed by atoms with Crippen molar-refractivity contribution in [3.05, 3.63) is 48.0 Å². The Bertz CT molecular complexity index is 877. The lowest BCUT2D eigenvalue weighted by atomic mass is 10.1. The summed E-state index contributed by atoms with van der Waals surface area (Å²) < 4.78 is 38.0. The summed E-state index contributed by atoms with van der Waals surface area (Å²) in [5.41, 5.74) is 1.19. The summed E-state index contributed by atoms with van der Waals surface area (Å²) >= 11 is 0. The fourth-order valence-corrected chi connectivity index (χ4v) is 3.44. The third kappa shape index (κ3) is 4.66. The van der Waals surface area contributed by atoms with Crippen LogP contribution in [0.25, 0.3) is 0 Å². The second-order valence-electron chi connectivity index (χ2n) is 5.78. The molecule has 0 atom stereocenters. The van der Waals surface area contributed by atoms with Crippen LogP contribution in [0.15, 0.2) is 47.4 Å². The van der Waals surface area contributed by atoms with Crippen LogP contribution in [0.3, 0.4) is 0 Å². The van der Waals surface area contributed by atoms with Crippen LogP contribution in [0.5, 0.6) is 11.5 Å². The molecule has 2 rings (SSSR count). The van der Waals surface area contributed by atoms with Crippen molar-refractivity contribution in [3.63, 3.8) is 0 Å². The average molecular weight is 378 g/mol. The van der Waals surface area contributed by atoms with E-state index in [9.17, 15) is 13.2 Å². The molecular weight excluding hydrogens is 356 g/mol.